The lowest BCUT2D eigenvalue weighted by Crippen LogP contribution is -2.47. The lowest BCUT2D eigenvalue weighted by atomic mass is 9.89. The van der Waals surface area contributed by atoms with Crippen LogP contribution in [0.3, 0.4) is 0 Å². The Bertz CT molecular complexity index is 670. The average Bonchev–Trinajstić information content (AvgIpc) is 3.21. The highest BCUT2D eigenvalue weighted by Gasteiger charge is 2.25. The molecule has 3 rings (SSSR count). The number of likely N-dealkylation sites (tertiary alicyclic amines) is 2. The fraction of sp³-hybridized carbons (Fsp3) is 0.636. The first kappa shape index (κ1) is 20.6. The van der Waals surface area contributed by atoms with Crippen molar-refractivity contribution < 1.29 is 9.59 Å². The van der Waals surface area contributed by atoms with Gasteiger partial charge >= 0.3 is 6.03 Å². The standard InChI is InChI=1S/C22H34N4O2/c1-17(2)24-22(28)26-13-6-9-20(16-26)18-7-5-8-19(15-18)21(27)23-10-14-25-11-3-4-12-25/h5,7-8,15,17,20H,3-4,6,9-14,16H2,1-2H3,(H,23,27)(H,24,28)/t20-/m1/s1. The summed E-state index contributed by atoms with van der Waals surface area (Å²) in [5.41, 5.74) is 1.86. The molecule has 2 fully saturated rings. The lowest BCUT2D eigenvalue weighted by Gasteiger charge is -2.33. The second kappa shape index (κ2) is 9.92. The molecule has 28 heavy (non-hydrogen) atoms. The number of urea groups is 1. The zero-order valence-electron chi connectivity index (χ0n) is 17.2. The minimum atomic E-state index is -0.00809. The normalized spacial score (nSPS) is 20.4. The van der Waals surface area contributed by atoms with Crippen molar-refractivity contribution in [3.63, 3.8) is 0 Å². The van der Waals surface area contributed by atoms with Crippen molar-refractivity contribution in [3.8, 4) is 0 Å². The van der Waals surface area contributed by atoms with Gasteiger partial charge in [-0.1, -0.05) is 12.1 Å². The molecule has 2 aliphatic heterocycles. The minimum absolute atomic E-state index is 0.00809. The average molecular weight is 387 g/mol. The van der Waals surface area contributed by atoms with Gasteiger partial charge < -0.3 is 20.4 Å². The van der Waals surface area contributed by atoms with Crippen LogP contribution in [0.4, 0.5) is 4.79 Å². The highest BCUT2D eigenvalue weighted by molar-refractivity contribution is 5.94. The molecule has 6 heteroatoms. The van der Waals surface area contributed by atoms with E-state index in [1.807, 2.05) is 36.9 Å². The van der Waals surface area contributed by atoms with Gasteiger partial charge in [0.05, 0.1) is 0 Å². The minimum Gasteiger partial charge on any atom is -0.351 e. The summed E-state index contributed by atoms with van der Waals surface area (Å²) in [7, 11) is 0. The zero-order chi connectivity index (χ0) is 19.9. The Morgan fingerprint density at radius 1 is 1.14 bits per heavy atom. The molecular weight excluding hydrogens is 352 g/mol. The van der Waals surface area contributed by atoms with Crippen molar-refractivity contribution in [1.82, 2.24) is 20.4 Å². The first-order chi connectivity index (χ1) is 13.5. The Labute approximate surface area is 168 Å². The van der Waals surface area contributed by atoms with Crippen molar-refractivity contribution in [2.45, 2.75) is 51.5 Å². The summed E-state index contributed by atoms with van der Waals surface area (Å²) in [6.45, 7) is 9.37. The van der Waals surface area contributed by atoms with Crippen LogP contribution >= 0.6 is 0 Å². The first-order valence-corrected chi connectivity index (χ1v) is 10.7. The number of hydrogen-bond donors (Lipinski definition) is 2. The third-order valence-electron chi connectivity index (χ3n) is 5.65. The number of carbonyl (C=O) groups excluding carboxylic acids is 2. The van der Waals surface area contributed by atoms with E-state index >= 15 is 0 Å². The Morgan fingerprint density at radius 2 is 1.93 bits per heavy atom. The number of nitrogens with zero attached hydrogens (tertiary/aromatic N) is 2. The van der Waals surface area contributed by atoms with E-state index < -0.39 is 0 Å². The van der Waals surface area contributed by atoms with Crippen LogP contribution in [0.1, 0.15) is 61.4 Å². The smallest absolute Gasteiger partial charge is 0.317 e. The summed E-state index contributed by atoms with van der Waals surface area (Å²) in [5.74, 6) is 0.273. The summed E-state index contributed by atoms with van der Waals surface area (Å²) < 4.78 is 0. The highest BCUT2D eigenvalue weighted by Crippen LogP contribution is 2.27. The van der Waals surface area contributed by atoms with Crippen LogP contribution in [0.5, 0.6) is 0 Å². The molecule has 0 bridgehead atoms. The van der Waals surface area contributed by atoms with Gasteiger partial charge in [-0.05, 0) is 70.3 Å². The molecule has 0 unspecified atom stereocenters. The van der Waals surface area contributed by atoms with Gasteiger partial charge in [0.2, 0.25) is 0 Å². The summed E-state index contributed by atoms with van der Waals surface area (Å²) in [5, 5.41) is 6.03. The molecule has 0 spiro atoms. The molecule has 2 saturated heterocycles. The predicted octanol–water partition coefficient (Wildman–Crippen LogP) is 2.81. The second-order valence-corrected chi connectivity index (χ2v) is 8.32. The van der Waals surface area contributed by atoms with Gasteiger partial charge in [0.25, 0.3) is 5.91 Å². The molecule has 2 aliphatic rings. The quantitative estimate of drug-likeness (QED) is 0.790. The van der Waals surface area contributed by atoms with E-state index in [2.05, 4.69) is 21.6 Å². The van der Waals surface area contributed by atoms with Crippen LogP contribution < -0.4 is 10.6 Å². The predicted molar refractivity (Wildman–Crippen MR) is 112 cm³/mol. The number of nitrogens with one attached hydrogen (secondary N) is 2. The zero-order valence-corrected chi connectivity index (χ0v) is 17.2. The SMILES string of the molecule is CC(C)NC(=O)N1CCC[C@@H](c2cccc(C(=O)NCCN3CCCC3)c2)C1. The van der Waals surface area contributed by atoms with Crippen molar-refractivity contribution in [2.24, 2.45) is 0 Å². The second-order valence-electron chi connectivity index (χ2n) is 8.32. The summed E-state index contributed by atoms with van der Waals surface area (Å²) in [4.78, 5) is 29.2. The van der Waals surface area contributed by atoms with Crippen molar-refractivity contribution in [1.29, 1.82) is 0 Å². The van der Waals surface area contributed by atoms with Crippen molar-refractivity contribution in [3.05, 3.63) is 35.4 Å². The van der Waals surface area contributed by atoms with Gasteiger partial charge in [0.15, 0.2) is 0 Å². The molecule has 2 N–H and O–H groups in total. The fourth-order valence-corrected chi connectivity index (χ4v) is 4.14. The Balaban J connectivity index is 1.55. The number of benzene rings is 1. The molecule has 1 aromatic carbocycles. The van der Waals surface area contributed by atoms with Crippen LogP contribution in [0.15, 0.2) is 24.3 Å². The van der Waals surface area contributed by atoms with Gasteiger partial charge in [-0.25, -0.2) is 4.79 Å². The summed E-state index contributed by atoms with van der Waals surface area (Å²) in [6, 6.07) is 8.06. The maximum absolute atomic E-state index is 12.5. The monoisotopic (exact) mass is 386 g/mol. The van der Waals surface area contributed by atoms with Gasteiger partial charge in [-0.15, -0.1) is 0 Å². The molecule has 1 aromatic rings. The highest BCUT2D eigenvalue weighted by atomic mass is 16.2. The van der Waals surface area contributed by atoms with E-state index in [0.717, 1.165) is 44.6 Å². The van der Waals surface area contributed by atoms with Crippen LogP contribution in [0.25, 0.3) is 0 Å². The van der Waals surface area contributed by atoms with Gasteiger partial charge in [0, 0.05) is 43.7 Å². The van der Waals surface area contributed by atoms with Crippen molar-refractivity contribution in [2.75, 3.05) is 39.3 Å². The fourth-order valence-electron chi connectivity index (χ4n) is 4.14. The van der Waals surface area contributed by atoms with E-state index in [9.17, 15) is 9.59 Å². The Hall–Kier alpha value is -2.08. The van der Waals surface area contributed by atoms with Gasteiger partial charge in [0.1, 0.15) is 0 Å². The summed E-state index contributed by atoms with van der Waals surface area (Å²) in [6.07, 6.45) is 4.57. The molecule has 3 amide bonds. The first-order valence-electron chi connectivity index (χ1n) is 10.7. The molecule has 0 aliphatic carbocycles. The third kappa shape index (κ3) is 5.71. The number of hydrogen-bond acceptors (Lipinski definition) is 3. The lowest BCUT2D eigenvalue weighted by molar-refractivity contribution is 0.0949. The van der Waals surface area contributed by atoms with E-state index in [4.69, 9.17) is 0 Å². The largest absolute Gasteiger partial charge is 0.351 e. The van der Waals surface area contributed by atoms with Crippen LogP contribution in [0.2, 0.25) is 0 Å². The van der Waals surface area contributed by atoms with Gasteiger partial charge in [-0.2, -0.15) is 0 Å². The summed E-state index contributed by atoms with van der Waals surface area (Å²) >= 11 is 0. The number of amides is 3. The molecule has 0 saturated carbocycles. The van der Waals surface area contributed by atoms with Crippen molar-refractivity contribution >= 4 is 11.9 Å². The molecular formula is C22H34N4O2. The van der Waals surface area contributed by atoms with E-state index in [1.165, 1.54) is 12.8 Å². The molecule has 6 nitrogen and oxygen atoms in total. The maximum atomic E-state index is 12.5. The van der Waals surface area contributed by atoms with Crippen LogP contribution in [-0.2, 0) is 0 Å². The molecule has 1 atom stereocenters. The van der Waals surface area contributed by atoms with E-state index in [0.29, 0.717) is 18.7 Å². The van der Waals surface area contributed by atoms with Gasteiger partial charge in [-0.3, -0.25) is 4.79 Å². The Kier molecular flexibility index (Phi) is 7.31. The number of carbonyl (C=O) groups is 2. The number of rotatable bonds is 6. The molecule has 2 heterocycles. The molecule has 154 valence electrons. The molecule has 0 radical (unpaired) electrons. The third-order valence-corrected chi connectivity index (χ3v) is 5.65. The van der Waals surface area contributed by atoms with E-state index in [-0.39, 0.29) is 23.9 Å². The van der Waals surface area contributed by atoms with E-state index in [1.54, 1.807) is 0 Å². The number of piperidine rings is 1. The molecule has 0 aromatic heterocycles. The van der Waals surface area contributed by atoms with Crippen LogP contribution in [0, 0.1) is 0 Å². The van der Waals surface area contributed by atoms with Crippen LogP contribution in [-0.4, -0.2) is 67.0 Å². The maximum Gasteiger partial charge on any atom is 0.317 e. The Morgan fingerprint density at radius 3 is 2.68 bits per heavy atom. The topological polar surface area (TPSA) is 64.7 Å².